The molecule has 29 heavy (non-hydrogen) atoms. The fourth-order valence-corrected chi connectivity index (χ4v) is 3.48. The van der Waals surface area contributed by atoms with Crippen molar-refractivity contribution in [3.8, 4) is 5.75 Å². The van der Waals surface area contributed by atoms with E-state index in [9.17, 15) is 24.6 Å². The molecule has 0 bridgehead atoms. The van der Waals surface area contributed by atoms with Crippen LogP contribution in [0.3, 0.4) is 0 Å². The van der Waals surface area contributed by atoms with Gasteiger partial charge in [-0.3, -0.25) is 9.59 Å². The maximum Gasteiger partial charge on any atom is 0.326 e. The van der Waals surface area contributed by atoms with Crippen LogP contribution in [0.5, 0.6) is 5.75 Å². The summed E-state index contributed by atoms with van der Waals surface area (Å²) >= 11 is 0. The van der Waals surface area contributed by atoms with Gasteiger partial charge in [-0.2, -0.15) is 0 Å². The minimum absolute atomic E-state index is 0.0701. The number of hydrogen-bond acceptors (Lipinski definition) is 6. The number of nitrogens with one attached hydrogen (secondary N) is 1. The Morgan fingerprint density at radius 3 is 2.52 bits per heavy atom. The average Bonchev–Trinajstić information content (AvgIpc) is 3.18. The molecule has 2 rings (SSSR count). The number of unbranched alkanes of at least 4 members (excludes halogenated alkanes) is 1. The number of carbonyl (C=O) groups is 3. The van der Waals surface area contributed by atoms with Crippen LogP contribution >= 0.6 is 0 Å². The Balaban J connectivity index is 1.99. The van der Waals surface area contributed by atoms with Gasteiger partial charge in [0.25, 0.3) is 0 Å². The van der Waals surface area contributed by atoms with E-state index in [4.69, 9.17) is 11.5 Å². The first-order valence-corrected chi connectivity index (χ1v) is 9.90. The zero-order valence-corrected chi connectivity index (χ0v) is 16.4. The molecular weight excluding hydrogens is 376 g/mol. The van der Waals surface area contributed by atoms with Gasteiger partial charge in [-0.25, -0.2) is 4.79 Å². The molecule has 1 heterocycles. The fraction of sp³-hybridized carbons (Fsp3) is 0.550. The summed E-state index contributed by atoms with van der Waals surface area (Å²) in [6.45, 7) is 0.963. The number of carboxylic acids is 1. The molecule has 0 radical (unpaired) electrons. The fourth-order valence-electron chi connectivity index (χ4n) is 3.48. The van der Waals surface area contributed by atoms with Crippen LogP contribution in [0.1, 0.15) is 37.7 Å². The van der Waals surface area contributed by atoms with E-state index in [2.05, 4.69) is 5.32 Å². The standard InChI is InChI=1S/C20H30N4O5/c21-10-2-1-4-15(22)19(27)24-11-3-5-17(24)18(26)23-16(20(28)29)12-13-6-8-14(25)9-7-13/h6-9,15-17,25H,1-5,10-12,21-22H2,(H,23,26)(H,28,29)/t15-,16-,17-/m0/s1. The zero-order valence-electron chi connectivity index (χ0n) is 16.4. The molecule has 1 saturated heterocycles. The van der Waals surface area contributed by atoms with Crippen LogP contribution in [0, 0.1) is 0 Å². The van der Waals surface area contributed by atoms with Crippen LogP contribution in [-0.2, 0) is 20.8 Å². The smallest absolute Gasteiger partial charge is 0.326 e. The zero-order chi connectivity index (χ0) is 21.4. The van der Waals surface area contributed by atoms with Gasteiger partial charge in [-0.05, 0) is 49.9 Å². The number of likely N-dealkylation sites (tertiary alicyclic amines) is 1. The lowest BCUT2D eigenvalue weighted by molar-refractivity contribution is -0.144. The van der Waals surface area contributed by atoms with E-state index in [1.165, 1.54) is 17.0 Å². The Kier molecular flexibility index (Phi) is 8.41. The Labute approximate surface area is 170 Å². The molecular formula is C20H30N4O5. The second kappa shape index (κ2) is 10.8. The van der Waals surface area contributed by atoms with E-state index < -0.39 is 30.0 Å². The maximum absolute atomic E-state index is 12.7. The molecule has 1 aromatic rings. The second-order valence-corrected chi connectivity index (χ2v) is 7.35. The first kappa shape index (κ1) is 22.6. The van der Waals surface area contributed by atoms with Gasteiger partial charge in [0.2, 0.25) is 11.8 Å². The highest BCUT2D eigenvalue weighted by atomic mass is 16.4. The Morgan fingerprint density at radius 2 is 1.90 bits per heavy atom. The van der Waals surface area contributed by atoms with E-state index in [0.29, 0.717) is 37.9 Å². The van der Waals surface area contributed by atoms with Gasteiger partial charge in [0, 0.05) is 13.0 Å². The summed E-state index contributed by atoms with van der Waals surface area (Å²) in [5.74, 6) is -1.87. The van der Waals surface area contributed by atoms with E-state index in [1.807, 2.05) is 0 Å². The molecule has 9 heteroatoms. The van der Waals surface area contributed by atoms with Crippen molar-refractivity contribution in [1.29, 1.82) is 0 Å². The van der Waals surface area contributed by atoms with Gasteiger partial charge in [-0.15, -0.1) is 0 Å². The highest BCUT2D eigenvalue weighted by molar-refractivity contribution is 5.92. The van der Waals surface area contributed by atoms with Gasteiger partial charge >= 0.3 is 5.97 Å². The van der Waals surface area contributed by atoms with Gasteiger partial charge in [0.1, 0.15) is 17.8 Å². The second-order valence-electron chi connectivity index (χ2n) is 7.35. The molecule has 2 amide bonds. The molecule has 1 fully saturated rings. The molecule has 160 valence electrons. The van der Waals surface area contributed by atoms with Crippen molar-refractivity contribution in [3.63, 3.8) is 0 Å². The van der Waals surface area contributed by atoms with Crippen molar-refractivity contribution in [1.82, 2.24) is 10.2 Å². The number of aromatic hydroxyl groups is 1. The molecule has 1 aliphatic rings. The minimum Gasteiger partial charge on any atom is -0.508 e. The van der Waals surface area contributed by atoms with Gasteiger partial charge in [0.15, 0.2) is 0 Å². The van der Waals surface area contributed by atoms with Crippen molar-refractivity contribution < 1.29 is 24.6 Å². The monoisotopic (exact) mass is 406 g/mol. The SMILES string of the molecule is NCCCC[C@H](N)C(=O)N1CCC[C@H]1C(=O)N[C@@H](Cc1ccc(O)cc1)C(=O)O. The summed E-state index contributed by atoms with van der Waals surface area (Å²) in [5.41, 5.74) is 12.1. The lowest BCUT2D eigenvalue weighted by atomic mass is 10.0. The number of phenolic OH excluding ortho intramolecular Hbond substituents is 1. The number of hydrogen-bond donors (Lipinski definition) is 5. The Morgan fingerprint density at radius 1 is 1.21 bits per heavy atom. The van der Waals surface area contributed by atoms with Crippen LogP contribution in [0.2, 0.25) is 0 Å². The summed E-state index contributed by atoms with van der Waals surface area (Å²) in [4.78, 5) is 38.5. The van der Waals surface area contributed by atoms with Gasteiger partial charge in [-0.1, -0.05) is 18.6 Å². The van der Waals surface area contributed by atoms with Gasteiger partial charge < -0.3 is 31.9 Å². The average molecular weight is 406 g/mol. The lowest BCUT2D eigenvalue weighted by Gasteiger charge is -2.27. The minimum atomic E-state index is -1.17. The topological polar surface area (TPSA) is 159 Å². The van der Waals surface area contributed by atoms with Crippen LogP contribution in [0.15, 0.2) is 24.3 Å². The molecule has 0 saturated carbocycles. The van der Waals surface area contributed by atoms with Gasteiger partial charge in [0.05, 0.1) is 6.04 Å². The normalized spacial score (nSPS) is 18.3. The molecule has 1 aliphatic heterocycles. The van der Waals surface area contributed by atoms with Crippen molar-refractivity contribution in [3.05, 3.63) is 29.8 Å². The molecule has 3 atom stereocenters. The molecule has 1 aromatic carbocycles. The Hall–Kier alpha value is -2.65. The largest absolute Gasteiger partial charge is 0.508 e. The first-order chi connectivity index (χ1) is 13.8. The number of nitrogens with zero attached hydrogens (tertiary/aromatic N) is 1. The predicted molar refractivity (Wildman–Crippen MR) is 107 cm³/mol. The maximum atomic E-state index is 12.7. The summed E-state index contributed by atoms with van der Waals surface area (Å²) in [6.07, 6.45) is 3.22. The van der Waals surface area contributed by atoms with Crippen LogP contribution in [0.25, 0.3) is 0 Å². The van der Waals surface area contributed by atoms with Crippen LogP contribution in [-0.4, -0.2) is 64.1 Å². The summed E-state index contributed by atoms with van der Waals surface area (Å²) < 4.78 is 0. The van der Waals surface area contributed by atoms with Crippen LogP contribution in [0.4, 0.5) is 0 Å². The number of rotatable bonds is 10. The molecule has 7 N–H and O–H groups in total. The highest BCUT2D eigenvalue weighted by Crippen LogP contribution is 2.20. The van der Waals surface area contributed by atoms with E-state index in [1.54, 1.807) is 12.1 Å². The number of aliphatic carboxylic acids is 1. The van der Waals surface area contributed by atoms with Crippen molar-refractivity contribution in [2.45, 2.75) is 56.7 Å². The molecule has 0 aromatic heterocycles. The number of carbonyl (C=O) groups excluding carboxylic acids is 2. The van der Waals surface area contributed by atoms with E-state index >= 15 is 0 Å². The summed E-state index contributed by atoms with van der Waals surface area (Å²) in [7, 11) is 0. The third kappa shape index (κ3) is 6.43. The quantitative estimate of drug-likeness (QED) is 0.341. The third-order valence-electron chi connectivity index (χ3n) is 5.12. The number of amides is 2. The lowest BCUT2D eigenvalue weighted by Crippen LogP contribution is -2.54. The molecule has 0 spiro atoms. The third-order valence-corrected chi connectivity index (χ3v) is 5.12. The van der Waals surface area contributed by atoms with Crippen molar-refractivity contribution >= 4 is 17.8 Å². The molecule has 0 unspecified atom stereocenters. The van der Waals surface area contributed by atoms with E-state index in [0.717, 1.165) is 12.8 Å². The molecule has 9 nitrogen and oxygen atoms in total. The number of nitrogens with two attached hydrogens (primary N) is 2. The molecule has 0 aliphatic carbocycles. The van der Waals surface area contributed by atoms with Crippen molar-refractivity contribution in [2.24, 2.45) is 11.5 Å². The number of phenols is 1. The highest BCUT2D eigenvalue weighted by Gasteiger charge is 2.37. The first-order valence-electron chi connectivity index (χ1n) is 9.90. The summed E-state index contributed by atoms with van der Waals surface area (Å²) in [5, 5.41) is 21.4. The number of benzene rings is 1. The summed E-state index contributed by atoms with van der Waals surface area (Å²) in [6, 6.07) is 3.57. The van der Waals surface area contributed by atoms with E-state index in [-0.39, 0.29) is 18.1 Å². The van der Waals surface area contributed by atoms with Crippen molar-refractivity contribution in [2.75, 3.05) is 13.1 Å². The predicted octanol–water partition coefficient (Wildman–Crippen LogP) is -0.0486. The Bertz CT molecular complexity index is 709. The number of carboxylic acid groups (broad SMARTS) is 1. The van der Waals surface area contributed by atoms with Crippen LogP contribution < -0.4 is 16.8 Å².